The Balaban J connectivity index is 1.47. The molecule has 1 N–H and O–H groups in total. The van der Waals surface area contributed by atoms with E-state index in [0.717, 1.165) is 58.1 Å². The zero-order valence-electron chi connectivity index (χ0n) is 17.7. The number of nitrogens with zero attached hydrogens (tertiary/aromatic N) is 4. The molecule has 2 heterocycles. The zero-order valence-corrected chi connectivity index (χ0v) is 17.7. The predicted octanol–water partition coefficient (Wildman–Crippen LogP) is 2.00. The van der Waals surface area contributed by atoms with Crippen LogP contribution in [-0.2, 0) is 12.8 Å². The van der Waals surface area contributed by atoms with Crippen LogP contribution in [0.15, 0.2) is 41.4 Å². The Morgan fingerprint density at radius 3 is 2.46 bits per heavy atom. The predicted molar refractivity (Wildman–Crippen MR) is 117 cm³/mol. The van der Waals surface area contributed by atoms with Gasteiger partial charge in [0.2, 0.25) is 0 Å². The Bertz CT molecular complexity index is 705. The van der Waals surface area contributed by atoms with Crippen molar-refractivity contribution < 1.29 is 0 Å². The summed E-state index contributed by atoms with van der Waals surface area (Å²) in [5, 5.41) is 3.56. The summed E-state index contributed by atoms with van der Waals surface area (Å²) in [6.45, 7) is 8.32. The summed E-state index contributed by atoms with van der Waals surface area (Å²) >= 11 is 0. The molecule has 28 heavy (non-hydrogen) atoms. The fourth-order valence-electron chi connectivity index (χ4n) is 4.92. The Kier molecular flexibility index (Phi) is 5.74. The number of aliphatic imine (C=N–C) groups is 1. The highest BCUT2D eigenvalue weighted by atomic mass is 15.3. The highest BCUT2D eigenvalue weighted by Gasteiger charge is 2.39. The summed E-state index contributed by atoms with van der Waals surface area (Å²) in [6, 6.07) is 9.54. The lowest BCUT2D eigenvalue weighted by molar-refractivity contribution is 0.171. The fraction of sp³-hybridized carbons (Fsp3) is 0.609. The second kappa shape index (κ2) is 8.26. The van der Waals surface area contributed by atoms with Gasteiger partial charge < -0.3 is 15.1 Å². The molecule has 1 aliphatic carbocycles. The van der Waals surface area contributed by atoms with Gasteiger partial charge in [-0.25, -0.2) is 0 Å². The molecule has 1 saturated heterocycles. The lowest BCUT2D eigenvalue weighted by Crippen LogP contribution is -2.49. The minimum atomic E-state index is 0.0857. The van der Waals surface area contributed by atoms with Crippen LogP contribution in [0.4, 0.5) is 0 Å². The van der Waals surface area contributed by atoms with Gasteiger partial charge >= 0.3 is 0 Å². The first-order chi connectivity index (χ1) is 13.6. The number of hydrogen-bond donors (Lipinski definition) is 1. The average Bonchev–Trinajstić information content (AvgIpc) is 3.44. The van der Waals surface area contributed by atoms with E-state index in [-0.39, 0.29) is 5.54 Å². The van der Waals surface area contributed by atoms with E-state index in [1.165, 1.54) is 17.5 Å². The number of nitrogens with one attached hydrogen (secondary N) is 1. The van der Waals surface area contributed by atoms with Crippen LogP contribution in [-0.4, -0.2) is 85.6 Å². The number of fused-ring (bicyclic) bond motifs is 1. The van der Waals surface area contributed by atoms with Crippen LogP contribution >= 0.6 is 0 Å². The van der Waals surface area contributed by atoms with Crippen molar-refractivity contribution in [3.8, 4) is 0 Å². The van der Waals surface area contributed by atoms with E-state index in [9.17, 15) is 0 Å². The van der Waals surface area contributed by atoms with Crippen LogP contribution in [0.5, 0.6) is 0 Å². The molecular formula is C23H35N5. The first-order valence-corrected chi connectivity index (χ1v) is 10.8. The number of likely N-dealkylation sites (N-methyl/N-ethyl adjacent to an activating group) is 1. The number of hydrogen-bond acceptors (Lipinski definition) is 3. The standard InChI is InChI=1S/C23H35N5/c1-4-24-22(28-14-11-21(17-28)27-12-7-8-13-27)25-18-23(26(2)3)15-19-9-5-6-10-20(19)16-23/h5-10,21H,4,11-18H2,1-3H3,(H,24,25). The van der Waals surface area contributed by atoms with Crippen molar-refractivity contribution in [2.24, 2.45) is 4.99 Å². The summed E-state index contributed by atoms with van der Waals surface area (Å²) < 4.78 is 0. The second-order valence-corrected chi connectivity index (χ2v) is 8.73. The van der Waals surface area contributed by atoms with E-state index >= 15 is 0 Å². The molecule has 1 unspecified atom stereocenters. The van der Waals surface area contributed by atoms with E-state index in [4.69, 9.17) is 4.99 Å². The maximum atomic E-state index is 5.17. The van der Waals surface area contributed by atoms with Crippen LogP contribution in [0.3, 0.4) is 0 Å². The SMILES string of the molecule is CCNC(=NCC1(N(C)C)Cc2ccccc2C1)N1CCC(N2CC=CC2)C1. The topological polar surface area (TPSA) is 34.1 Å². The molecular weight excluding hydrogens is 346 g/mol. The van der Waals surface area contributed by atoms with E-state index in [2.05, 4.69) is 77.5 Å². The van der Waals surface area contributed by atoms with Gasteiger partial charge in [-0.1, -0.05) is 36.4 Å². The smallest absolute Gasteiger partial charge is 0.194 e. The van der Waals surface area contributed by atoms with Crippen molar-refractivity contribution in [1.82, 2.24) is 20.0 Å². The van der Waals surface area contributed by atoms with Crippen LogP contribution in [0.1, 0.15) is 24.5 Å². The summed E-state index contributed by atoms with van der Waals surface area (Å²) in [7, 11) is 4.42. The average molecular weight is 382 g/mol. The molecule has 1 aromatic carbocycles. The van der Waals surface area contributed by atoms with Crippen LogP contribution in [0.2, 0.25) is 0 Å². The van der Waals surface area contributed by atoms with Crippen LogP contribution in [0.25, 0.3) is 0 Å². The zero-order chi connectivity index (χ0) is 19.6. The van der Waals surface area contributed by atoms with Crippen molar-refractivity contribution >= 4 is 5.96 Å². The summed E-state index contributed by atoms with van der Waals surface area (Å²) in [6.07, 6.45) is 7.99. The van der Waals surface area contributed by atoms with Gasteiger partial charge in [-0.15, -0.1) is 0 Å². The second-order valence-electron chi connectivity index (χ2n) is 8.73. The third-order valence-electron chi connectivity index (χ3n) is 6.79. The van der Waals surface area contributed by atoms with Crippen molar-refractivity contribution in [2.45, 2.75) is 37.8 Å². The number of guanidine groups is 1. The molecule has 2 aliphatic heterocycles. The van der Waals surface area contributed by atoms with Crippen molar-refractivity contribution in [1.29, 1.82) is 0 Å². The molecule has 4 rings (SSSR count). The quantitative estimate of drug-likeness (QED) is 0.481. The minimum Gasteiger partial charge on any atom is -0.357 e. The van der Waals surface area contributed by atoms with Gasteiger partial charge in [0.25, 0.3) is 0 Å². The molecule has 0 aromatic heterocycles. The molecule has 0 radical (unpaired) electrons. The molecule has 0 amide bonds. The third kappa shape index (κ3) is 3.83. The summed E-state index contributed by atoms with van der Waals surface area (Å²) in [4.78, 5) is 12.6. The maximum Gasteiger partial charge on any atom is 0.194 e. The highest BCUT2D eigenvalue weighted by molar-refractivity contribution is 5.80. The lowest BCUT2D eigenvalue weighted by atomic mass is 9.94. The molecule has 1 atom stereocenters. The van der Waals surface area contributed by atoms with Gasteiger partial charge in [-0.05, 0) is 51.4 Å². The summed E-state index contributed by atoms with van der Waals surface area (Å²) in [5.41, 5.74) is 3.06. The molecule has 1 fully saturated rings. The molecule has 152 valence electrons. The molecule has 0 spiro atoms. The Labute approximate surface area is 170 Å². The maximum absolute atomic E-state index is 5.17. The minimum absolute atomic E-state index is 0.0857. The lowest BCUT2D eigenvalue weighted by Gasteiger charge is -2.35. The van der Waals surface area contributed by atoms with E-state index in [1.807, 2.05) is 0 Å². The van der Waals surface area contributed by atoms with Crippen molar-refractivity contribution in [3.05, 3.63) is 47.5 Å². The van der Waals surface area contributed by atoms with Gasteiger partial charge in [-0.3, -0.25) is 9.89 Å². The number of benzene rings is 1. The van der Waals surface area contributed by atoms with E-state index in [0.29, 0.717) is 6.04 Å². The van der Waals surface area contributed by atoms with E-state index in [1.54, 1.807) is 0 Å². The summed E-state index contributed by atoms with van der Waals surface area (Å²) in [5.74, 6) is 1.09. The molecule has 1 aromatic rings. The van der Waals surface area contributed by atoms with Crippen LogP contribution < -0.4 is 5.32 Å². The molecule has 0 bridgehead atoms. The van der Waals surface area contributed by atoms with Gasteiger partial charge in [0.1, 0.15) is 0 Å². The van der Waals surface area contributed by atoms with Gasteiger partial charge in [0.15, 0.2) is 5.96 Å². The fourth-order valence-corrected chi connectivity index (χ4v) is 4.92. The molecule has 0 saturated carbocycles. The third-order valence-corrected chi connectivity index (χ3v) is 6.79. The Morgan fingerprint density at radius 2 is 1.86 bits per heavy atom. The van der Waals surface area contributed by atoms with E-state index < -0.39 is 0 Å². The first-order valence-electron chi connectivity index (χ1n) is 10.8. The molecule has 5 nitrogen and oxygen atoms in total. The van der Waals surface area contributed by atoms with Crippen molar-refractivity contribution in [3.63, 3.8) is 0 Å². The van der Waals surface area contributed by atoms with Gasteiger partial charge in [0, 0.05) is 44.3 Å². The highest BCUT2D eigenvalue weighted by Crippen LogP contribution is 2.34. The Morgan fingerprint density at radius 1 is 1.18 bits per heavy atom. The largest absolute Gasteiger partial charge is 0.357 e. The van der Waals surface area contributed by atoms with Gasteiger partial charge in [-0.2, -0.15) is 0 Å². The normalized spacial score (nSPS) is 24.4. The van der Waals surface area contributed by atoms with Gasteiger partial charge in [0.05, 0.1) is 6.54 Å². The van der Waals surface area contributed by atoms with Crippen LogP contribution in [0, 0.1) is 0 Å². The first kappa shape index (κ1) is 19.5. The molecule has 3 aliphatic rings. The molecule has 5 heteroatoms. The monoisotopic (exact) mass is 381 g/mol. The Hall–Kier alpha value is -1.85. The number of likely N-dealkylation sites (tertiary alicyclic amines) is 1. The van der Waals surface area contributed by atoms with Crippen molar-refractivity contribution in [2.75, 3.05) is 53.4 Å². The number of rotatable bonds is 5.